The van der Waals surface area contributed by atoms with E-state index in [0.29, 0.717) is 53.5 Å². The molecule has 1 heterocycles. The van der Waals surface area contributed by atoms with E-state index in [-0.39, 0.29) is 18.5 Å². The Morgan fingerprint density at radius 2 is 1.79 bits per heavy atom. The fourth-order valence-electron chi connectivity index (χ4n) is 4.05. The van der Waals surface area contributed by atoms with E-state index < -0.39 is 0 Å². The van der Waals surface area contributed by atoms with Gasteiger partial charge in [0.25, 0.3) is 0 Å². The normalized spacial score (nSPS) is 12.6. The predicted octanol–water partition coefficient (Wildman–Crippen LogP) is 4.61. The minimum absolute atomic E-state index is 0.134. The van der Waals surface area contributed by atoms with Crippen LogP contribution in [0.2, 0.25) is 0 Å². The minimum Gasteiger partial charge on any atom is -0.497 e. The number of cyclic esters (lactones) is 1. The van der Waals surface area contributed by atoms with Crippen molar-refractivity contribution in [2.45, 2.75) is 39.7 Å². The zero-order valence-corrected chi connectivity index (χ0v) is 20.5. The molecule has 0 saturated heterocycles. The number of ether oxygens (including phenoxy) is 5. The van der Waals surface area contributed by atoms with Crippen molar-refractivity contribution < 1.29 is 33.3 Å². The van der Waals surface area contributed by atoms with Crippen LogP contribution in [0.25, 0.3) is 0 Å². The summed E-state index contributed by atoms with van der Waals surface area (Å²) in [4.78, 5) is 24.8. The quantitative estimate of drug-likeness (QED) is 0.401. The summed E-state index contributed by atoms with van der Waals surface area (Å²) in [6.07, 6.45) is 3.37. The highest BCUT2D eigenvalue weighted by Gasteiger charge is 2.32. The molecule has 0 atom stereocenters. The van der Waals surface area contributed by atoms with Gasteiger partial charge in [0.2, 0.25) is 5.91 Å². The Morgan fingerprint density at radius 3 is 2.44 bits per heavy atom. The van der Waals surface area contributed by atoms with Crippen LogP contribution in [-0.4, -0.2) is 40.3 Å². The number of carbonyl (C=O) groups excluding carboxylic acids is 2. The van der Waals surface area contributed by atoms with Crippen molar-refractivity contribution in [2.75, 3.05) is 33.8 Å². The van der Waals surface area contributed by atoms with Crippen molar-refractivity contribution in [3.8, 4) is 23.0 Å². The number of benzene rings is 2. The highest BCUT2D eigenvalue weighted by atomic mass is 16.5. The largest absolute Gasteiger partial charge is 0.497 e. The molecule has 0 aliphatic carbocycles. The number of rotatable bonds is 10. The van der Waals surface area contributed by atoms with E-state index in [9.17, 15) is 9.59 Å². The molecular formula is C26H31NO7. The first-order chi connectivity index (χ1) is 16.3. The summed E-state index contributed by atoms with van der Waals surface area (Å²) in [7, 11) is 6.25. The highest BCUT2D eigenvalue weighted by Crippen LogP contribution is 2.42. The molecule has 34 heavy (non-hydrogen) atoms. The molecule has 0 spiro atoms. The molecular weight excluding hydrogens is 438 g/mol. The third-order valence-electron chi connectivity index (χ3n) is 5.91. The van der Waals surface area contributed by atoms with Gasteiger partial charge in [-0.25, -0.2) is 4.79 Å². The predicted molar refractivity (Wildman–Crippen MR) is 128 cm³/mol. The Balaban J connectivity index is 1.72. The Kier molecular flexibility index (Phi) is 8.04. The Labute approximate surface area is 199 Å². The second kappa shape index (κ2) is 11.0. The first-order valence-corrected chi connectivity index (χ1v) is 10.9. The van der Waals surface area contributed by atoms with Crippen molar-refractivity contribution >= 4 is 17.6 Å². The van der Waals surface area contributed by atoms with Crippen LogP contribution in [0.5, 0.6) is 23.0 Å². The van der Waals surface area contributed by atoms with Crippen molar-refractivity contribution in [3.63, 3.8) is 0 Å². The molecule has 1 amide bonds. The molecule has 2 aromatic rings. The van der Waals surface area contributed by atoms with Gasteiger partial charge in [0.15, 0.2) is 0 Å². The highest BCUT2D eigenvalue weighted by molar-refractivity contribution is 5.98. The number of nitrogens with one attached hydrogen (secondary N) is 1. The molecule has 8 nitrogen and oxygen atoms in total. The van der Waals surface area contributed by atoms with E-state index >= 15 is 0 Å². The van der Waals surface area contributed by atoms with Gasteiger partial charge in [-0.05, 0) is 44.4 Å². The van der Waals surface area contributed by atoms with Crippen LogP contribution in [0.4, 0.5) is 5.69 Å². The summed E-state index contributed by atoms with van der Waals surface area (Å²) in [5.41, 5.74) is 4.50. The number of fused-ring (bicyclic) bond motifs is 1. The molecule has 1 aliphatic rings. The summed E-state index contributed by atoms with van der Waals surface area (Å²) < 4.78 is 27.0. The van der Waals surface area contributed by atoms with Gasteiger partial charge in [0, 0.05) is 23.6 Å². The molecule has 0 radical (unpaired) electrons. The van der Waals surface area contributed by atoms with Crippen LogP contribution in [-0.2, 0) is 22.6 Å². The van der Waals surface area contributed by atoms with Crippen molar-refractivity contribution in [3.05, 3.63) is 52.1 Å². The second-order valence-electron chi connectivity index (χ2n) is 7.97. The summed E-state index contributed by atoms with van der Waals surface area (Å²) in [6.45, 7) is 4.10. The lowest BCUT2D eigenvalue weighted by Crippen LogP contribution is -2.12. The number of hydrogen-bond acceptors (Lipinski definition) is 7. The summed E-state index contributed by atoms with van der Waals surface area (Å²) in [5.74, 6) is 1.83. The molecule has 182 valence electrons. The second-order valence-corrected chi connectivity index (χ2v) is 7.97. The van der Waals surface area contributed by atoms with E-state index in [4.69, 9.17) is 23.7 Å². The van der Waals surface area contributed by atoms with Crippen molar-refractivity contribution in [1.29, 1.82) is 0 Å². The lowest BCUT2D eigenvalue weighted by molar-refractivity contribution is -0.116. The molecule has 0 saturated carbocycles. The van der Waals surface area contributed by atoms with E-state index in [2.05, 4.69) is 5.32 Å². The van der Waals surface area contributed by atoms with E-state index in [1.165, 1.54) is 7.11 Å². The first kappa shape index (κ1) is 25.0. The number of methoxy groups -OCH3 is 4. The van der Waals surface area contributed by atoms with E-state index in [1.54, 1.807) is 39.5 Å². The van der Waals surface area contributed by atoms with E-state index in [0.717, 1.165) is 22.3 Å². The van der Waals surface area contributed by atoms with Gasteiger partial charge in [0.1, 0.15) is 35.2 Å². The van der Waals surface area contributed by atoms with Gasteiger partial charge in [-0.15, -0.1) is 0 Å². The molecule has 0 fully saturated rings. The van der Waals surface area contributed by atoms with Crippen molar-refractivity contribution in [2.24, 2.45) is 0 Å². The monoisotopic (exact) mass is 469 g/mol. The smallest absolute Gasteiger partial charge is 0.342 e. The maximum atomic E-state index is 12.5. The maximum absolute atomic E-state index is 12.5. The molecule has 2 aromatic carbocycles. The van der Waals surface area contributed by atoms with Gasteiger partial charge in [-0.2, -0.15) is 0 Å². The van der Waals surface area contributed by atoms with Gasteiger partial charge >= 0.3 is 5.97 Å². The first-order valence-electron chi connectivity index (χ1n) is 10.9. The van der Waals surface area contributed by atoms with Gasteiger partial charge < -0.3 is 29.0 Å². The Bertz CT molecular complexity index is 1120. The number of esters is 1. The summed E-state index contributed by atoms with van der Waals surface area (Å²) >= 11 is 0. The minimum atomic E-state index is -0.385. The van der Waals surface area contributed by atoms with E-state index in [1.807, 2.05) is 19.9 Å². The zero-order valence-electron chi connectivity index (χ0n) is 20.5. The average Bonchev–Trinajstić information content (AvgIpc) is 3.23. The van der Waals surface area contributed by atoms with Crippen LogP contribution >= 0.6 is 0 Å². The van der Waals surface area contributed by atoms with Crippen LogP contribution in [0.1, 0.15) is 46.8 Å². The topological polar surface area (TPSA) is 92.3 Å². The van der Waals surface area contributed by atoms with Crippen LogP contribution < -0.4 is 24.3 Å². The standard InChI is InChI=1S/C26H31NO7/c1-15(8-12-22(28)27-20-13-17(30-3)9-11-21(20)31-4)7-10-18-24(32-5)16(2)19-14-34-26(29)23(19)25(18)33-6/h7,9,11,13H,8,10,12,14H2,1-6H3,(H,27,28)/b15-7+. The third kappa shape index (κ3) is 5.11. The van der Waals surface area contributed by atoms with Crippen LogP contribution in [0, 0.1) is 6.92 Å². The summed E-state index contributed by atoms with van der Waals surface area (Å²) in [5, 5.41) is 2.88. The van der Waals surface area contributed by atoms with Gasteiger partial charge in [-0.3, -0.25) is 4.79 Å². The molecule has 0 bridgehead atoms. The Hall–Kier alpha value is -3.68. The van der Waals surface area contributed by atoms with Gasteiger partial charge in [-0.1, -0.05) is 11.6 Å². The molecule has 3 rings (SSSR count). The molecule has 8 heteroatoms. The zero-order chi connectivity index (χ0) is 24.8. The maximum Gasteiger partial charge on any atom is 0.342 e. The molecule has 1 aliphatic heterocycles. The summed E-state index contributed by atoms with van der Waals surface area (Å²) in [6, 6.07) is 5.23. The van der Waals surface area contributed by atoms with Gasteiger partial charge in [0.05, 0.1) is 34.1 Å². The molecule has 0 aromatic heterocycles. The van der Waals surface area contributed by atoms with Crippen LogP contribution in [0.15, 0.2) is 29.8 Å². The molecule has 0 unspecified atom stereocenters. The number of hydrogen-bond donors (Lipinski definition) is 1. The number of amides is 1. The SMILES string of the molecule is COc1ccc(OC)c(NC(=O)CC/C(C)=C/Cc2c(OC)c(C)c3c(c2OC)C(=O)OC3)c1. The lowest BCUT2D eigenvalue weighted by atomic mass is 9.94. The fourth-order valence-corrected chi connectivity index (χ4v) is 4.05. The van der Waals surface area contributed by atoms with Crippen LogP contribution in [0.3, 0.4) is 0 Å². The fraction of sp³-hybridized carbons (Fsp3) is 0.385. The lowest BCUT2D eigenvalue weighted by Gasteiger charge is -2.18. The Morgan fingerprint density at radius 1 is 1.06 bits per heavy atom. The number of allylic oxidation sites excluding steroid dienone is 2. The third-order valence-corrected chi connectivity index (χ3v) is 5.91. The van der Waals surface area contributed by atoms with Crippen molar-refractivity contribution in [1.82, 2.24) is 0 Å². The number of anilines is 1. The number of carbonyl (C=O) groups is 2. The molecule has 1 N–H and O–H groups in total. The average molecular weight is 470 g/mol.